The molecular formula is C7H13O. The molecule has 8 heavy (non-hydrogen) atoms. The highest BCUT2D eigenvalue weighted by Gasteiger charge is 2.33. The highest BCUT2D eigenvalue weighted by Crippen LogP contribution is 2.41. The molecule has 1 saturated carbocycles. The molecule has 1 fully saturated rings. The van der Waals surface area contributed by atoms with Crippen LogP contribution in [0, 0.1) is 11.5 Å². The summed E-state index contributed by atoms with van der Waals surface area (Å²) in [5, 5.41) is 9.17. The van der Waals surface area contributed by atoms with Crippen molar-refractivity contribution in [3.8, 4) is 0 Å². The van der Waals surface area contributed by atoms with Crippen LogP contribution in [0.25, 0.3) is 0 Å². The number of rotatable bonds is 0. The second-order valence-corrected chi connectivity index (χ2v) is 3.18. The molecule has 0 bridgehead atoms. The monoisotopic (exact) mass is 113 g/mol. The fourth-order valence-electron chi connectivity index (χ4n) is 1.18. The van der Waals surface area contributed by atoms with Crippen LogP contribution in [0.15, 0.2) is 0 Å². The van der Waals surface area contributed by atoms with Gasteiger partial charge in [-0.05, 0) is 24.7 Å². The molecule has 1 aliphatic rings. The Morgan fingerprint density at radius 3 is 2.25 bits per heavy atom. The number of aliphatic hydroxyl groups is 1. The molecule has 0 aromatic carbocycles. The first-order chi connectivity index (χ1) is 3.63. The summed E-state index contributed by atoms with van der Waals surface area (Å²) >= 11 is 0. The molecule has 1 heteroatoms. The van der Waals surface area contributed by atoms with Gasteiger partial charge in [-0.3, -0.25) is 0 Å². The van der Waals surface area contributed by atoms with Gasteiger partial charge in [0.25, 0.3) is 0 Å². The minimum Gasteiger partial charge on any atom is -0.386 e. The smallest absolute Gasteiger partial charge is 0.0989 e. The molecule has 47 valence electrons. The average Bonchev–Trinajstić information content (AvgIpc) is 1.86. The summed E-state index contributed by atoms with van der Waals surface area (Å²) in [6, 6.07) is 0. The lowest BCUT2D eigenvalue weighted by Crippen LogP contribution is -2.13. The van der Waals surface area contributed by atoms with E-state index in [9.17, 15) is 5.11 Å². The quantitative estimate of drug-likeness (QED) is 0.510. The van der Waals surface area contributed by atoms with Crippen molar-refractivity contribution in [3.05, 3.63) is 6.10 Å². The van der Waals surface area contributed by atoms with Crippen LogP contribution in [0.4, 0.5) is 0 Å². The van der Waals surface area contributed by atoms with Crippen LogP contribution in [0.5, 0.6) is 0 Å². The van der Waals surface area contributed by atoms with Crippen molar-refractivity contribution in [3.63, 3.8) is 0 Å². The number of aliphatic hydroxyl groups excluding tert-OH is 1. The summed E-state index contributed by atoms with van der Waals surface area (Å²) in [4.78, 5) is 0. The maximum atomic E-state index is 9.17. The zero-order valence-electron chi connectivity index (χ0n) is 5.57. The van der Waals surface area contributed by atoms with E-state index in [2.05, 4.69) is 13.8 Å². The van der Waals surface area contributed by atoms with Gasteiger partial charge in [-0.15, -0.1) is 0 Å². The lowest BCUT2D eigenvalue weighted by atomic mass is 9.90. The summed E-state index contributed by atoms with van der Waals surface area (Å²) in [5.74, 6) is 0. The summed E-state index contributed by atoms with van der Waals surface area (Å²) in [7, 11) is 0. The SMILES string of the molecule is CC1(C)CCC[C]1O. The third kappa shape index (κ3) is 0.873. The minimum atomic E-state index is 0.125. The first-order valence-corrected chi connectivity index (χ1v) is 3.18. The van der Waals surface area contributed by atoms with E-state index in [4.69, 9.17) is 0 Å². The first-order valence-electron chi connectivity index (χ1n) is 3.18. The maximum absolute atomic E-state index is 9.17. The van der Waals surface area contributed by atoms with Gasteiger partial charge < -0.3 is 5.11 Å². The first kappa shape index (κ1) is 6.09. The molecule has 1 aliphatic carbocycles. The van der Waals surface area contributed by atoms with Crippen LogP contribution in [0.1, 0.15) is 33.1 Å². The van der Waals surface area contributed by atoms with Gasteiger partial charge in [-0.25, -0.2) is 0 Å². The normalized spacial score (nSPS) is 28.9. The van der Waals surface area contributed by atoms with Crippen molar-refractivity contribution < 1.29 is 5.11 Å². The van der Waals surface area contributed by atoms with Crippen LogP contribution >= 0.6 is 0 Å². The minimum absolute atomic E-state index is 0.125. The van der Waals surface area contributed by atoms with Gasteiger partial charge >= 0.3 is 0 Å². The van der Waals surface area contributed by atoms with E-state index in [0.717, 1.165) is 12.8 Å². The van der Waals surface area contributed by atoms with E-state index in [1.807, 2.05) is 0 Å². The van der Waals surface area contributed by atoms with Crippen LogP contribution < -0.4 is 0 Å². The molecular weight excluding hydrogens is 100 g/mol. The van der Waals surface area contributed by atoms with Gasteiger partial charge in [0, 0.05) is 0 Å². The Balaban J connectivity index is 2.54. The molecule has 0 heterocycles. The molecule has 1 radical (unpaired) electrons. The van der Waals surface area contributed by atoms with Crippen molar-refractivity contribution in [1.29, 1.82) is 0 Å². The van der Waals surface area contributed by atoms with Crippen molar-refractivity contribution in [1.82, 2.24) is 0 Å². The Labute approximate surface area is 50.7 Å². The van der Waals surface area contributed by atoms with Crippen LogP contribution in [-0.2, 0) is 0 Å². The Bertz CT molecular complexity index is 86.4. The lowest BCUT2D eigenvalue weighted by molar-refractivity contribution is 0.188. The second kappa shape index (κ2) is 1.73. The van der Waals surface area contributed by atoms with Crippen molar-refractivity contribution in [2.24, 2.45) is 5.41 Å². The van der Waals surface area contributed by atoms with E-state index in [0.29, 0.717) is 6.10 Å². The molecule has 0 atom stereocenters. The molecule has 0 aromatic rings. The summed E-state index contributed by atoms with van der Waals surface area (Å²) in [5.41, 5.74) is 0.125. The van der Waals surface area contributed by atoms with E-state index < -0.39 is 0 Å². The third-order valence-electron chi connectivity index (χ3n) is 2.00. The van der Waals surface area contributed by atoms with Gasteiger partial charge in [0.05, 0.1) is 6.10 Å². The topological polar surface area (TPSA) is 20.2 Å². The third-order valence-corrected chi connectivity index (χ3v) is 2.00. The van der Waals surface area contributed by atoms with Crippen LogP contribution in [0.3, 0.4) is 0 Å². The molecule has 1 nitrogen and oxygen atoms in total. The average molecular weight is 113 g/mol. The van der Waals surface area contributed by atoms with Gasteiger partial charge in [-0.1, -0.05) is 13.8 Å². The van der Waals surface area contributed by atoms with Gasteiger partial charge in [0.1, 0.15) is 0 Å². The molecule has 1 N–H and O–H groups in total. The van der Waals surface area contributed by atoms with Gasteiger partial charge in [0.15, 0.2) is 0 Å². The summed E-state index contributed by atoms with van der Waals surface area (Å²) < 4.78 is 0. The largest absolute Gasteiger partial charge is 0.386 e. The summed E-state index contributed by atoms with van der Waals surface area (Å²) in [6.45, 7) is 4.19. The fourth-order valence-corrected chi connectivity index (χ4v) is 1.18. The van der Waals surface area contributed by atoms with E-state index in [1.54, 1.807) is 0 Å². The highest BCUT2D eigenvalue weighted by atomic mass is 16.3. The van der Waals surface area contributed by atoms with Crippen LogP contribution in [-0.4, -0.2) is 5.11 Å². The standard InChI is InChI=1S/C7H13O/c1-7(2)5-3-4-6(7)8/h8H,3-5H2,1-2H3. The van der Waals surface area contributed by atoms with E-state index in [-0.39, 0.29) is 5.41 Å². The maximum Gasteiger partial charge on any atom is 0.0989 e. The Morgan fingerprint density at radius 2 is 2.12 bits per heavy atom. The van der Waals surface area contributed by atoms with Gasteiger partial charge in [0.2, 0.25) is 0 Å². The molecule has 0 aromatic heterocycles. The molecule has 1 rings (SSSR count). The zero-order valence-corrected chi connectivity index (χ0v) is 5.57. The summed E-state index contributed by atoms with van der Waals surface area (Å²) in [6.07, 6.45) is 3.93. The predicted molar refractivity (Wildman–Crippen MR) is 32.8 cm³/mol. The zero-order chi connectivity index (χ0) is 6.20. The fraction of sp³-hybridized carbons (Fsp3) is 0.857. The molecule has 0 aliphatic heterocycles. The molecule has 0 unspecified atom stereocenters. The van der Waals surface area contributed by atoms with Crippen molar-refractivity contribution in [2.75, 3.05) is 0 Å². The molecule has 0 spiro atoms. The Kier molecular flexibility index (Phi) is 1.31. The van der Waals surface area contributed by atoms with Crippen LogP contribution in [0.2, 0.25) is 0 Å². The number of hydrogen-bond acceptors (Lipinski definition) is 1. The molecule has 0 saturated heterocycles. The second-order valence-electron chi connectivity index (χ2n) is 3.18. The molecule has 0 amide bonds. The lowest BCUT2D eigenvalue weighted by Gasteiger charge is -2.19. The number of hydrogen-bond donors (Lipinski definition) is 1. The Hall–Kier alpha value is -0.0400. The van der Waals surface area contributed by atoms with Gasteiger partial charge in [-0.2, -0.15) is 0 Å². The highest BCUT2D eigenvalue weighted by molar-refractivity contribution is 4.98. The predicted octanol–water partition coefficient (Wildman–Crippen LogP) is 2.10. The Morgan fingerprint density at radius 1 is 1.50 bits per heavy atom. The van der Waals surface area contributed by atoms with E-state index >= 15 is 0 Å². The van der Waals surface area contributed by atoms with Crippen molar-refractivity contribution >= 4 is 0 Å². The van der Waals surface area contributed by atoms with E-state index in [1.165, 1.54) is 6.42 Å². The van der Waals surface area contributed by atoms with Crippen molar-refractivity contribution in [2.45, 2.75) is 33.1 Å².